The first-order valence-corrected chi connectivity index (χ1v) is 10.2. The smallest absolute Gasteiger partial charge is 0.184 e. The van der Waals surface area contributed by atoms with Gasteiger partial charge in [-0.25, -0.2) is 0 Å². The fourth-order valence-corrected chi connectivity index (χ4v) is 4.24. The van der Waals surface area contributed by atoms with Gasteiger partial charge < -0.3 is 24.3 Å². The van der Waals surface area contributed by atoms with E-state index in [9.17, 15) is 0 Å². The Kier molecular flexibility index (Phi) is 6.74. The molecule has 29 heavy (non-hydrogen) atoms. The highest BCUT2D eigenvalue weighted by Crippen LogP contribution is 2.38. The van der Waals surface area contributed by atoms with Crippen LogP contribution in [0, 0.1) is 5.92 Å². The maximum absolute atomic E-state index is 6.43. The van der Waals surface area contributed by atoms with Gasteiger partial charge in [0.15, 0.2) is 12.6 Å². The van der Waals surface area contributed by atoms with Crippen LogP contribution in [0.4, 0.5) is 0 Å². The fraction of sp³-hybridized carbons (Fsp3) is 0.417. The summed E-state index contributed by atoms with van der Waals surface area (Å²) in [7, 11) is 1.68. The summed E-state index contributed by atoms with van der Waals surface area (Å²) in [5.74, 6) is 0.162. The van der Waals surface area contributed by atoms with Crippen molar-refractivity contribution in [1.82, 2.24) is 5.32 Å². The van der Waals surface area contributed by atoms with Crippen molar-refractivity contribution >= 4 is 0 Å². The minimum Gasteiger partial charge on any atom is -0.354 e. The van der Waals surface area contributed by atoms with E-state index in [2.05, 4.69) is 24.0 Å². The van der Waals surface area contributed by atoms with Gasteiger partial charge in [-0.1, -0.05) is 66.7 Å². The van der Waals surface area contributed by atoms with Crippen LogP contribution in [0.15, 0.2) is 73.3 Å². The molecule has 2 heterocycles. The third kappa shape index (κ3) is 4.60. The first kappa shape index (κ1) is 20.3. The van der Waals surface area contributed by atoms with Crippen molar-refractivity contribution in [3.8, 4) is 0 Å². The fourth-order valence-electron chi connectivity index (χ4n) is 4.24. The maximum Gasteiger partial charge on any atom is 0.184 e. The lowest BCUT2D eigenvalue weighted by Crippen LogP contribution is -2.62. The van der Waals surface area contributed by atoms with Crippen LogP contribution in [0.5, 0.6) is 0 Å². The van der Waals surface area contributed by atoms with Gasteiger partial charge in [0.2, 0.25) is 0 Å². The Bertz CT molecular complexity index is 763. The molecule has 5 heteroatoms. The Balaban J connectivity index is 1.53. The standard InChI is InChI=1S/C24H29NO4/c1-3-10-19-21(25-15-17-11-6-4-7-12-17)24(26-2)28-20-16-27-23(29-22(19)20)18-13-8-5-9-14-18/h3-9,11-14,19-25H,1,10,15-16H2,2H3/t19-,20-,21-,22+,23-,24+/m1/s1. The summed E-state index contributed by atoms with van der Waals surface area (Å²) < 4.78 is 24.3. The van der Waals surface area contributed by atoms with Crippen molar-refractivity contribution in [2.24, 2.45) is 5.92 Å². The van der Waals surface area contributed by atoms with E-state index in [0.29, 0.717) is 6.61 Å². The molecule has 2 fully saturated rings. The maximum atomic E-state index is 6.43. The summed E-state index contributed by atoms with van der Waals surface area (Å²) >= 11 is 0. The summed E-state index contributed by atoms with van der Waals surface area (Å²) in [4.78, 5) is 0. The molecule has 0 radical (unpaired) electrons. The number of hydrogen-bond acceptors (Lipinski definition) is 5. The monoisotopic (exact) mass is 395 g/mol. The second-order valence-corrected chi connectivity index (χ2v) is 7.54. The van der Waals surface area contributed by atoms with Crippen LogP contribution in [0.2, 0.25) is 0 Å². The molecule has 0 spiro atoms. The molecule has 1 N–H and O–H groups in total. The minimum atomic E-state index is -0.387. The zero-order valence-corrected chi connectivity index (χ0v) is 16.8. The Morgan fingerprint density at radius 3 is 2.48 bits per heavy atom. The Morgan fingerprint density at radius 1 is 1.07 bits per heavy atom. The quantitative estimate of drug-likeness (QED) is 0.722. The molecule has 2 aliphatic rings. The van der Waals surface area contributed by atoms with Crippen LogP contribution in [-0.4, -0.2) is 38.3 Å². The van der Waals surface area contributed by atoms with E-state index in [-0.39, 0.29) is 36.7 Å². The number of nitrogens with one attached hydrogen (secondary N) is 1. The number of methoxy groups -OCH3 is 1. The molecule has 2 saturated heterocycles. The summed E-state index contributed by atoms with van der Waals surface area (Å²) in [5, 5.41) is 3.64. The summed E-state index contributed by atoms with van der Waals surface area (Å²) in [6, 6.07) is 20.4. The predicted molar refractivity (Wildman–Crippen MR) is 111 cm³/mol. The van der Waals surface area contributed by atoms with Crippen molar-refractivity contribution in [1.29, 1.82) is 0 Å². The lowest BCUT2D eigenvalue weighted by molar-refractivity contribution is -0.334. The van der Waals surface area contributed by atoms with Gasteiger partial charge in [0.1, 0.15) is 6.10 Å². The summed E-state index contributed by atoms with van der Waals surface area (Å²) in [6.45, 7) is 5.19. The first-order valence-electron chi connectivity index (χ1n) is 10.2. The number of allylic oxidation sites excluding steroid dienone is 1. The number of ether oxygens (including phenoxy) is 4. The SMILES string of the molecule is C=CC[C@@H]1[C@@H](NCc2ccccc2)[C@@H](OC)O[C@@H]2CO[C@@H](c3ccccc3)O[C@@H]12. The number of fused-ring (bicyclic) bond motifs is 1. The lowest BCUT2D eigenvalue weighted by Gasteiger charge is -2.49. The van der Waals surface area contributed by atoms with Crippen LogP contribution >= 0.6 is 0 Å². The van der Waals surface area contributed by atoms with E-state index in [4.69, 9.17) is 18.9 Å². The Hall–Kier alpha value is -2.02. The molecule has 0 aromatic heterocycles. The minimum absolute atomic E-state index is 0.0195. The van der Waals surface area contributed by atoms with E-state index >= 15 is 0 Å². The van der Waals surface area contributed by atoms with Crippen molar-refractivity contribution in [3.63, 3.8) is 0 Å². The van der Waals surface area contributed by atoms with Gasteiger partial charge in [0.05, 0.1) is 18.8 Å². The number of benzene rings is 2. The van der Waals surface area contributed by atoms with Gasteiger partial charge in [0.25, 0.3) is 0 Å². The average Bonchev–Trinajstić information content (AvgIpc) is 2.79. The van der Waals surface area contributed by atoms with Gasteiger partial charge >= 0.3 is 0 Å². The van der Waals surface area contributed by atoms with Crippen LogP contribution in [0.1, 0.15) is 23.8 Å². The van der Waals surface area contributed by atoms with Gasteiger partial charge in [-0.3, -0.25) is 0 Å². The Morgan fingerprint density at radius 2 is 1.79 bits per heavy atom. The van der Waals surface area contributed by atoms with E-state index in [1.807, 2.05) is 54.6 Å². The normalized spacial score (nSPS) is 31.8. The third-order valence-corrected chi connectivity index (χ3v) is 5.67. The van der Waals surface area contributed by atoms with Crippen molar-refractivity contribution < 1.29 is 18.9 Å². The number of hydrogen-bond donors (Lipinski definition) is 1. The van der Waals surface area contributed by atoms with Gasteiger partial charge in [-0.15, -0.1) is 6.58 Å². The molecule has 4 rings (SSSR count). The second kappa shape index (κ2) is 9.65. The second-order valence-electron chi connectivity index (χ2n) is 7.54. The van der Waals surface area contributed by atoms with Crippen molar-refractivity contribution in [2.45, 2.75) is 43.8 Å². The average molecular weight is 395 g/mol. The lowest BCUT2D eigenvalue weighted by atomic mass is 9.83. The molecule has 2 aliphatic heterocycles. The van der Waals surface area contributed by atoms with Crippen LogP contribution in [0.25, 0.3) is 0 Å². The molecule has 154 valence electrons. The molecule has 2 aromatic rings. The van der Waals surface area contributed by atoms with Crippen molar-refractivity contribution in [2.75, 3.05) is 13.7 Å². The first-order chi connectivity index (χ1) is 14.3. The van der Waals surface area contributed by atoms with E-state index in [1.165, 1.54) is 5.56 Å². The molecule has 0 aliphatic carbocycles. The summed E-state index contributed by atoms with van der Waals surface area (Å²) in [6.07, 6.45) is 1.73. The number of rotatable bonds is 7. The molecule has 0 amide bonds. The highest BCUT2D eigenvalue weighted by Gasteiger charge is 2.49. The zero-order valence-electron chi connectivity index (χ0n) is 16.8. The van der Waals surface area contributed by atoms with E-state index in [0.717, 1.165) is 18.5 Å². The summed E-state index contributed by atoms with van der Waals surface area (Å²) in [5.41, 5.74) is 2.24. The molecule has 0 saturated carbocycles. The molecular weight excluding hydrogens is 366 g/mol. The highest BCUT2D eigenvalue weighted by atomic mass is 16.7. The molecule has 0 unspecified atom stereocenters. The molecule has 5 nitrogen and oxygen atoms in total. The van der Waals surface area contributed by atoms with Gasteiger partial charge in [-0.2, -0.15) is 0 Å². The molecule has 6 atom stereocenters. The predicted octanol–water partition coefficient (Wildman–Crippen LogP) is 3.82. The highest BCUT2D eigenvalue weighted by molar-refractivity contribution is 5.17. The van der Waals surface area contributed by atoms with Crippen molar-refractivity contribution in [3.05, 3.63) is 84.4 Å². The zero-order chi connectivity index (χ0) is 20.1. The molecule has 2 aromatic carbocycles. The largest absolute Gasteiger partial charge is 0.354 e. The third-order valence-electron chi connectivity index (χ3n) is 5.67. The van der Waals surface area contributed by atoms with E-state index in [1.54, 1.807) is 7.11 Å². The Labute approximate surface area is 172 Å². The molecule has 0 bridgehead atoms. The van der Waals surface area contributed by atoms with Gasteiger partial charge in [0, 0.05) is 25.1 Å². The van der Waals surface area contributed by atoms with Crippen LogP contribution in [0.3, 0.4) is 0 Å². The molecular formula is C24H29NO4. The van der Waals surface area contributed by atoms with Crippen LogP contribution in [-0.2, 0) is 25.5 Å². The van der Waals surface area contributed by atoms with E-state index < -0.39 is 0 Å². The van der Waals surface area contributed by atoms with Gasteiger partial charge in [-0.05, 0) is 12.0 Å². The van der Waals surface area contributed by atoms with Crippen LogP contribution < -0.4 is 5.32 Å². The topological polar surface area (TPSA) is 49.0 Å².